The average molecular weight is 372 g/mol. The van der Waals surface area contributed by atoms with Gasteiger partial charge in [0, 0.05) is 29.7 Å². The van der Waals surface area contributed by atoms with Crippen LogP contribution >= 0.6 is 0 Å². The number of para-hydroxylation sites is 1. The highest BCUT2D eigenvalue weighted by atomic mass is 16.5. The van der Waals surface area contributed by atoms with Gasteiger partial charge in [0.2, 0.25) is 0 Å². The summed E-state index contributed by atoms with van der Waals surface area (Å²) in [6, 6.07) is 15.6. The zero-order chi connectivity index (χ0) is 19.5. The van der Waals surface area contributed by atoms with Crippen LogP contribution in [0.15, 0.2) is 67.0 Å². The Morgan fingerprint density at radius 3 is 2.68 bits per heavy atom. The van der Waals surface area contributed by atoms with E-state index in [1.807, 2.05) is 83.9 Å². The van der Waals surface area contributed by atoms with E-state index in [0.29, 0.717) is 5.69 Å². The molecule has 4 aromatic rings. The first-order valence-electron chi connectivity index (χ1n) is 9.01. The number of nitrogens with zero attached hydrogens (tertiary/aromatic N) is 4. The van der Waals surface area contributed by atoms with Crippen LogP contribution in [-0.2, 0) is 16.1 Å². The summed E-state index contributed by atoms with van der Waals surface area (Å²) < 4.78 is 9.09. The summed E-state index contributed by atoms with van der Waals surface area (Å²) in [7, 11) is 0. The normalized spacial score (nSPS) is 11.4. The summed E-state index contributed by atoms with van der Waals surface area (Å²) in [4.78, 5) is 16.5. The van der Waals surface area contributed by atoms with Crippen LogP contribution in [0.5, 0.6) is 0 Å². The monoisotopic (exact) mass is 372 g/mol. The van der Waals surface area contributed by atoms with Crippen LogP contribution in [0.25, 0.3) is 17.4 Å². The molecule has 6 nitrogen and oxygen atoms in total. The molecule has 0 N–H and O–H groups in total. The molecule has 0 aliphatic rings. The summed E-state index contributed by atoms with van der Waals surface area (Å²) in [5, 5.41) is 4.58. The zero-order valence-corrected chi connectivity index (χ0v) is 15.7. The van der Waals surface area contributed by atoms with Crippen molar-refractivity contribution < 1.29 is 9.53 Å². The number of aromatic nitrogens is 4. The molecule has 0 saturated carbocycles. The number of rotatable bonds is 5. The molecule has 3 heterocycles. The Hall–Kier alpha value is -3.67. The zero-order valence-electron chi connectivity index (χ0n) is 15.7. The first-order chi connectivity index (χ1) is 13.6. The number of pyridine rings is 1. The average Bonchev–Trinajstić information content (AvgIpc) is 3.26. The van der Waals surface area contributed by atoms with E-state index in [0.717, 1.165) is 28.3 Å². The van der Waals surface area contributed by atoms with Crippen LogP contribution < -0.4 is 0 Å². The Labute approximate surface area is 162 Å². The van der Waals surface area contributed by atoms with Gasteiger partial charge in [-0.3, -0.25) is 0 Å². The van der Waals surface area contributed by atoms with Gasteiger partial charge in [-0.1, -0.05) is 24.3 Å². The molecule has 6 heteroatoms. The molecule has 0 aliphatic heterocycles. The minimum Gasteiger partial charge on any atom is -0.456 e. The van der Waals surface area contributed by atoms with Gasteiger partial charge in [0.15, 0.2) is 0 Å². The Kier molecular flexibility index (Phi) is 4.76. The molecule has 0 unspecified atom stereocenters. The SMILES string of the molecule is Cc1nn(-c2ccccc2)c(C)c1/C=C/C(=O)OCc1cn2ccccc2n1. The lowest BCUT2D eigenvalue weighted by atomic mass is 10.2. The highest BCUT2D eigenvalue weighted by Gasteiger charge is 2.11. The number of benzene rings is 1. The lowest BCUT2D eigenvalue weighted by Crippen LogP contribution is -2.01. The van der Waals surface area contributed by atoms with Crippen molar-refractivity contribution in [3.05, 3.63) is 89.6 Å². The van der Waals surface area contributed by atoms with Crippen LogP contribution in [0.4, 0.5) is 0 Å². The predicted molar refractivity (Wildman–Crippen MR) is 107 cm³/mol. The van der Waals surface area contributed by atoms with Crippen molar-refractivity contribution >= 4 is 17.7 Å². The Balaban J connectivity index is 1.45. The number of aryl methyl sites for hydroxylation is 1. The van der Waals surface area contributed by atoms with Crippen LogP contribution in [0.3, 0.4) is 0 Å². The van der Waals surface area contributed by atoms with Gasteiger partial charge in [-0.15, -0.1) is 0 Å². The minimum atomic E-state index is -0.414. The molecule has 0 fully saturated rings. The predicted octanol–water partition coefficient (Wildman–Crippen LogP) is 3.89. The van der Waals surface area contributed by atoms with Crippen LogP contribution in [0.2, 0.25) is 0 Å². The quantitative estimate of drug-likeness (QED) is 0.394. The van der Waals surface area contributed by atoms with Gasteiger partial charge in [0.1, 0.15) is 12.3 Å². The summed E-state index contributed by atoms with van der Waals surface area (Å²) in [6.07, 6.45) is 6.94. The van der Waals surface area contributed by atoms with Crippen molar-refractivity contribution in [2.45, 2.75) is 20.5 Å². The van der Waals surface area contributed by atoms with Crippen molar-refractivity contribution in [3.8, 4) is 5.69 Å². The van der Waals surface area contributed by atoms with Crippen LogP contribution in [0.1, 0.15) is 22.6 Å². The van der Waals surface area contributed by atoms with E-state index >= 15 is 0 Å². The fourth-order valence-corrected chi connectivity index (χ4v) is 3.12. The Bertz CT molecular complexity index is 1120. The number of fused-ring (bicyclic) bond motifs is 1. The van der Waals surface area contributed by atoms with E-state index in [1.165, 1.54) is 6.08 Å². The number of carbonyl (C=O) groups excluding carboxylic acids is 1. The topological polar surface area (TPSA) is 61.4 Å². The van der Waals surface area contributed by atoms with Crippen molar-refractivity contribution in [2.24, 2.45) is 0 Å². The summed E-state index contributed by atoms with van der Waals surface area (Å²) in [5.74, 6) is -0.414. The summed E-state index contributed by atoms with van der Waals surface area (Å²) in [5.41, 5.74) is 5.24. The van der Waals surface area contributed by atoms with E-state index in [2.05, 4.69) is 10.1 Å². The molecule has 0 saturated heterocycles. The number of imidazole rings is 1. The van der Waals surface area contributed by atoms with Gasteiger partial charge < -0.3 is 9.14 Å². The van der Waals surface area contributed by atoms with E-state index in [9.17, 15) is 4.79 Å². The molecule has 28 heavy (non-hydrogen) atoms. The van der Waals surface area contributed by atoms with Crippen molar-refractivity contribution in [1.82, 2.24) is 19.2 Å². The second-order valence-corrected chi connectivity index (χ2v) is 6.47. The molecular formula is C22H20N4O2. The molecule has 0 bridgehead atoms. The lowest BCUT2D eigenvalue weighted by Gasteiger charge is -2.03. The first kappa shape index (κ1) is 17.7. The minimum absolute atomic E-state index is 0.131. The first-order valence-corrected chi connectivity index (χ1v) is 9.01. The highest BCUT2D eigenvalue weighted by molar-refractivity contribution is 5.87. The van der Waals surface area contributed by atoms with Gasteiger partial charge >= 0.3 is 5.97 Å². The molecule has 0 spiro atoms. The van der Waals surface area contributed by atoms with Gasteiger partial charge in [0.25, 0.3) is 0 Å². The van der Waals surface area contributed by atoms with Crippen molar-refractivity contribution in [3.63, 3.8) is 0 Å². The standard InChI is InChI=1S/C22H20N4O2/c1-16-20(17(2)26(24-16)19-8-4-3-5-9-19)11-12-22(27)28-15-18-14-25-13-7-6-10-21(25)23-18/h3-14H,15H2,1-2H3/b12-11+. The fourth-order valence-electron chi connectivity index (χ4n) is 3.12. The maximum atomic E-state index is 12.1. The molecule has 4 rings (SSSR count). The van der Waals surface area contributed by atoms with E-state index in [4.69, 9.17) is 4.74 Å². The third kappa shape index (κ3) is 3.57. The van der Waals surface area contributed by atoms with E-state index in [1.54, 1.807) is 6.08 Å². The fraction of sp³-hybridized carbons (Fsp3) is 0.136. The second kappa shape index (κ2) is 7.52. The van der Waals surface area contributed by atoms with E-state index < -0.39 is 5.97 Å². The Morgan fingerprint density at radius 1 is 1.11 bits per heavy atom. The van der Waals surface area contributed by atoms with Gasteiger partial charge in [-0.25, -0.2) is 14.5 Å². The van der Waals surface area contributed by atoms with Crippen LogP contribution in [-0.4, -0.2) is 25.1 Å². The lowest BCUT2D eigenvalue weighted by molar-refractivity contribution is -0.139. The molecule has 0 radical (unpaired) electrons. The number of esters is 1. The molecular weight excluding hydrogens is 352 g/mol. The number of hydrogen-bond donors (Lipinski definition) is 0. The Morgan fingerprint density at radius 2 is 1.89 bits per heavy atom. The maximum absolute atomic E-state index is 12.1. The third-order valence-corrected chi connectivity index (χ3v) is 4.51. The molecule has 0 aliphatic carbocycles. The van der Waals surface area contributed by atoms with E-state index in [-0.39, 0.29) is 6.61 Å². The summed E-state index contributed by atoms with van der Waals surface area (Å²) in [6.45, 7) is 4.04. The molecule has 0 atom stereocenters. The van der Waals surface area contributed by atoms with Gasteiger partial charge in [-0.2, -0.15) is 5.10 Å². The van der Waals surface area contributed by atoms with Gasteiger partial charge in [0.05, 0.1) is 17.1 Å². The molecule has 3 aromatic heterocycles. The molecule has 1 aromatic carbocycles. The number of carbonyl (C=O) groups is 1. The summed E-state index contributed by atoms with van der Waals surface area (Å²) >= 11 is 0. The number of ether oxygens (including phenoxy) is 1. The third-order valence-electron chi connectivity index (χ3n) is 4.51. The maximum Gasteiger partial charge on any atom is 0.331 e. The van der Waals surface area contributed by atoms with Gasteiger partial charge in [-0.05, 0) is 44.2 Å². The largest absolute Gasteiger partial charge is 0.456 e. The molecule has 0 amide bonds. The highest BCUT2D eigenvalue weighted by Crippen LogP contribution is 2.19. The number of hydrogen-bond acceptors (Lipinski definition) is 4. The second-order valence-electron chi connectivity index (χ2n) is 6.47. The van der Waals surface area contributed by atoms with Crippen LogP contribution in [0, 0.1) is 13.8 Å². The van der Waals surface area contributed by atoms with Crippen molar-refractivity contribution in [1.29, 1.82) is 0 Å². The smallest absolute Gasteiger partial charge is 0.331 e. The molecule has 140 valence electrons. The van der Waals surface area contributed by atoms with Crippen molar-refractivity contribution in [2.75, 3.05) is 0 Å².